The number of anilines is 2. The number of nitrogens with one attached hydrogen (secondary N) is 1. The van der Waals surface area contributed by atoms with E-state index in [4.69, 9.17) is 17.3 Å². The molecule has 0 saturated heterocycles. The molecule has 3 N–H and O–H groups in total. The van der Waals surface area contributed by atoms with Crippen LogP contribution in [0.2, 0.25) is 5.15 Å². The quantitative estimate of drug-likeness (QED) is 0.402. The maximum atomic E-state index is 13.0. The second-order valence-corrected chi connectivity index (χ2v) is 6.63. The van der Waals surface area contributed by atoms with Gasteiger partial charge in [-0.1, -0.05) is 11.6 Å². The SMILES string of the molecule is Nc1cnc2ccc(-c3cnc(Cl)c(NSc4ccc(F)cc4)c3)nn12. The van der Waals surface area contributed by atoms with Crippen LogP contribution in [0.15, 0.2) is 59.8 Å². The maximum Gasteiger partial charge on any atom is 0.155 e. The summed E-state index contributed by atoms with van der Waals surface area (Å²) in [4.78, 5) is 9.20. The number of nitrogen functional groups attached to an aromatic ring is 1. The van der Waals surface area contributed by atoms with Crippen molar-refractivity contribution >= 4 is 40.7 Å². The number of halogens is 2. The first-order valence-electron chi connectivity index (χ1n) is 7.55. The Morgan fingerprint density at radius 1 is 1.08 bits per heavy atom. The van der Waals surface area contributed by atoms with Crippen LogP contribution < -0.4 is 10.5 Å². The zero-order valence-corrected chi connectivity index (χ0v) is 14.8. The molecule has 0 unspecified atom stereocenters. The van der Waals surface area contributed by atoms with Gasteiger partial charge in [0.25, 0.3) is 0 Å². The summed E-state index contributed by atoms with van der Waals surface area (Å²) >= 11 is 7.49. The largest absolute Gasteiger partial charge is 0.382 e. The molecule has 0 aliphatic heterocycles. The van der Waals surface area contributed by atoms with E-state index in [9.17, 15) is 4.39 Å². The lowest BCUT2D eigenvalue weighted by Gasteiger charge is -2.09. The minimum absolute atomic E-state index is 0.281. The predicted octanol–water partition coefficient (Wildman–Crippen LogP) is 4.29. The highest BCUT2D eigenvalue weighted by Crippen LogP contribution is 2.30. The number of fused-ring (bicyclic) bond motifs is 1. The Morgan fingerprint density at radius 3 is 2.69 bits per heavy atom. The van der Waals surface area contributed by atoms with Crippen molar-refractivity contribution in [3.05, 3.63) is 65.8 Å². The summed E-state index contributed by atoms with van der Waals surface area (Å²) in [7, 11) is 0. The molecule has 26 heavy (non-hydrogen) atoms. The third kappa shape index (κ3) is 3.29. The van der Waals surface area contributed by atoms with E-state index >= 15 is 0 Å². The molecule has 4 rings (SSSR count). The monoisotopic (exact) mass is 386 g/mol. The van der Waals surface area contributed by atoms with E-state index in [0.717, 1.165) is 10.5 Å². The summed E-state index contributed by atoms with van der Waals surface area (Å²) in [6.45, 7) is 0. The van der Waals surface area contributed by atoms with Gasteiger partial charge in [-0.15, -0.1) is 0 Å². The standard InChI is InChI=1S/C17H12ClFN6S/c18-17-14(24-26-12-3-1-11(19)2-4-12)7-10(8-22-17)13-5-6-16-21-9-15(20)25(16)23-13/h1-9,24H,20H2. The first kappa shape index (κ1) is 16.6. The van der Waals surface area contributed by atoms with Crippen molar-refractivity contribution in [1.29, 1.82) is 0 Å². The molecule has 0 bridgehead atoms. The predicted molar refractivity (Wildman–Crippen MR) is 102 cm³/mol. The Kier molecular flexibility index (Phi) is 4.36. The van der Waals surface area contributed by atoms with Gasteiger partial charge in [0.1, 0.15) is 11.6 Å². The van der Waals surface area contributed by atoms with Crippen LogP contribution in [-0.2, 0) is 0 Å². The van der Waals surface area contributed by atoms with E-state index in [1.54, 1.807) is 29.0 Å². The van der Waals surface area contributed by atoms with Gasteiger partial charge in [-0.25, -0.2) is 14.4 Å². The zero-order valence-electron chi connectivity index (χ0n) is 13.2. The summed E-state index contributed by atoms with van der Waals surface area (Å²) in [5.41, 5.74) is 8.60. The minimum atomic E-state index is -0.281. The molecule has 0 aliphatic carbocycles. The highest BCUT2D eigenvalue weighted by atomic mass is 35.5. The number of hydrogen-bond donors (Lipinski definition) is 2. The van der Waals surface area contributed by atoms with E-state index in [0.29, 0.717) is 28.0 Å². The fourth-order valence-corrected chi connectivity index (χ4v) is 3.18. The molecule has 3 aromatic heterocycles. The first-order valence-corrected chi connectivity index (χ1v) is 8.74. The topological polar surface area (TPSA) is 81.1 Å². The molecule has 9 heteroatoms. The summed E-state index contributed by atoms with van der Waals surface area (Å²) < 4.78 is 17.7. The lowest BCUT2D eigenvalue weighted by Crippen LogP contribution is -1.99. The molecule has 1 aromatic carbocycles. The normalized spacial score (nSPS) is 11.0. The van der Waals surface area contributed by atoms with Gasteiger partial charge < -0.3 is 10.5 Å². The Hall–Kier alpha value is -2.84. The molecule has 0 fully saturated rings. The van der Waals surface area contributed by atoms with E-state index in [-0.39, 0.29) is 5.82 Å². The third-order valence-electron chi connectivity index (χ3n) is 3.62. The van der Waals surface area contributed by atoms with Crippen LogP contribution in [0, 0.1) is 5.82 Å². The molecule has 0 atom stereocenters. The molecule has 4 aromatic rings. The van der Waals surface area contributed by atoms with Gasteiger partial charge in [-0.3, -0.25) is 0 Å². The molecule has 6 nitrogen and oxygen atoms in total. The Bertz CT molecular complexity index is 1080. The minimum Gasteiger partial charge on any atom is -0.382 e. The van der Waals surface area contributed by atoms with Gasteiger partial charge in [-0.2, -0.15) is 9.61 Å². The van der Waals surface area contributed by atoms with Crippen LogP contribution in [0.3, 0.4) is 0 Å². The molecule has 0 spiro atoms. The van der Waals surface area contributed by atoms with Gasteiger partial charge in [0.05, 0.1) is 17.6 Å². The fourth-order valence-electron chi connectivity index (χ4n) is 2.32. The number of aromatic nitrogens is 4. The molecule has 0 amide bonds. The van der Waals surface area contributed by atoms with Crippen LogP contribution in [0.1, 0.15) is 0 Å². The smallest absolute Gasteiger partial charge is 0.155 e. The van der Waals surface area contributed by atoms with Gasteiger partial charge >= 0.3 is 0 Å². The molecule has 130 valence electrons. The molecule has 0 radical (unpaired) electrons. The number of benzene rings is 1. The van der Waals surface area contributed by atoms with E-state index < -0.39 is 0 Å². The number of rotatable bonds is 4. The lowest BCUT2D eigenvalue weighted by atomic mass is 10.2. The summed E-state index contributed by atoms with van der Waals surface area (Å²) in [6.07, 6.45) is 3.19. The van der Waals surface area contributed by atoms with Crippen molar-refractivity contribution in [2.24, 2.45) is 0 Å². The molecular weight excluding hydrogens is 375 g/mol. The first-order chi connectivity index (χ1) is 12.6. The van der Waals surface area contributed by atoms with Crippen molar-refractivity contribution < 1.29 is 4.39 Å². The maximum absolute atomic E-state index is 13.0. The van der Waals surface area contributed by atoms with Crippen LogP contribution in [-0.4, -0.2) is 19.6 Å². The van der Waals surface area contributed by atoms with E-state index in [1.165, 1.54) is 24.1 Å². The van der Waals surface area contributed by atoms with Gasteiger partial charge in [0.15, 0.2) is 10.8 Å². The lowest BCUT2D eigenvalue weighted by molar-refractivity contribution is 0.626. The van der Waals surface area contributed by atoms with Crippen LogP contribution >= 0.6 is 23.5 Å². The number of nitrogens with zero attached hydrogens (tertiary/aromatic N) is 4. The van der Waals surface area contributed by atoms with E-state index in [1.807, 2.05) is 18.2 Å². The van der Waals surface area contributed by atoms with Crippen molar-refractivity contribution in [2.75, 3.05) is 10.5 Å². The number of nitrogens with two attached hydrogens (primary N) is 1. The van der Waals surface area contributed by atoms with Crippen LogP contribution in [0.25, 0.3) is 16.9 Å². The molecule has 0 aliphatic rings. The van der Waals surface area contributed by atoms with E-state index in [2.05, 4.69) is 19.8 Å². The molecular formula is C17H12ClFN6S. The van der Waals surface area contributed by atoms with Crippen molar-refractivity contribution in [3.8, 4) is 11.3 Å². The van der Waals surface area contributed by atoms with Gasteiger partial charge in [0, 0.05) is 16.7 Å². The Labute approximate surface area is 157 Å². The summed E-state index contributed by atoms with van der Waals surface area (Å²) in [5.74, 6) is 0.172. The third-order valence-corrected chi connectivity index (χ3v) is 4.75. The summed E-state index contributed by atoms with van der Waals surface area (Å²) in [6, 6.07) is 11.7. The zero-order chi connectivity index (χ0) is 18.1. The second-order valence-electron chi connectivity index (χ2n) is 5.39. The highest BCUT2D eigenvalue weighted by molar-refractivity contribution is 8.00. The number of pyridine rings is 1. The van der Waals surface area contributed by atoms with Crippen molar-refractivity contribution in [1.82, 2.24) is 19.6 Å². The van der Waals surface area contributed by atoms with Crippen LogP contribution in [0.4, 0.5) is 15.9 Å². The Balaban J connectivity index is 1.62. The van der Waals surface area contributed by atoms with Gasteiger partial charge in [0.2, 0.25) is 0 Å². The highest BCUT2D eigenvalue weighted by Gasteiger charge is 2.09. The fraction of sp³-hybridized carbons (Fsp3) is 0. The van der Waals surface area contributed by atoms with Crippen LogP contribution in [0.5, 0.6) is 0 Å². The average Bonchev–Trinajstić information content (AvgIpc) is 3.03. The van der Waals surface area contributed by atoms with Gasteiger partial charge in [-0.05, 0) is 54.4 Å². The number of hydrogen-bond acceptors (Lipinski definition) is 6. The average molecular weight is 387 g/mol. The second kappa shape index (κ2) is 6.81. The molecule has 0 saturated carbocycles. The Morgan fingerprint density at radius 2 is 1.88 bits per heavy atom. The summed E-state index contributed by atoms with van der Waals surface area (Å²) in [5, 5.41) is 4.80. The van der Waals surface area contributed by atoms with Crippen molar-refractivity contribution in [3.63, 3.8) is 0 Å². The molecule has 3 heterocycles. The van der Waals surface area contributed by atoms with Crippen molar-refractivity contribution in [2.45, 2.75) is 4.90 Å². The number of imidazole rings is 1.